The molecule has 8 heteroatoms. The smallest absolute Gasteiger partial charge is 0.274 e. The van der Waals surface area contributed by atoms with E-state index in [0.717, 1.165) is 38.6 Å². The molecule has 0 unspecified atom stereocenters. The lowest BCUT2D eigenvalue weighted by Gasteiger charge is -2.12. The summed E-state index contributed by atoms with van der Waals surface area (Å²) in [6, 6.07) is 22.9. The third-order valence-corrected chi connectivity index (χ3v) is 5.94. The van der Waals surface area contributed by atoms with Gasteiger partial charge in [0.1, 0.15) is 5.82 Å². The van der Waals surface area contributed by atoms with Crippen molar-refractivity contribution in [3.63, 3.8) is 0 Å². The Morgan fingerprint density at radius 3 is 2.46 bits per heavy atom. The molecule has 3 aromatic carbocycles. The van der Waals surface area contributed by atoms with Gasteiger partial charge in [-0.2, -0.15) is 0 Å². The van der Waals surface area contributed by atoms with E-state index in [9.17, 15) is 4.79 Å². The maximum absolute atomic E-state index is 11.6. The van der Waals surface area contributed by atoms with Crippen molar-refractivity contribution in [3.8, 4) is 22.8 Å². The second kappa shape index (κ2) is 9.36. The summed E-state index contributed by atoms with van der Waals surface area (Å²) in [7, 11) is 3.22. The van der Waals surface area contributed by atoms with Gasteiger partial charge in [-0.3, -0.25) is 10.0 Å². The monoisotopic (exact) mass is 468 g/mol. The molecule has 0 aliphatic rings. The number of aromatic amines is 1. The number of methoxy groups -OCH3 is 2. The quantitative estimate of drug-likeness (QED) is 0.195. The fourth-order valence-electron chi connectivity index (χ4n) is 4.16. The fraction of sp³-hybridized carbons (Fsp3) is 0.111. The molecule has 0 saturated heterocycles. The van der Waals surface area contributed by atoms with E-state index in [0.29, 0.717) is 29.4 Å². The molecule has 0 radical (unpaired) electrons. The van der Waals surface area contributed by atoms with Crippen LogP contribution in [0, 0.1) is 0 Å². The molecule has 35 heavy (non-hydrogen) atoms. The molecule has 5 rings (SSSR count). The Hall–Kier alpha value is -4.56. The first-order valence-electron chi connectivity index (χ1n) is 11.0. The number of carbonyl (C=O) groups is 1. The van der Waals surface area contributed by atoms with Gasteiger partial charge in [-0.1, -0.05) is 30.3 Å². The van der Waals surface area contributed by atoms with Crippen molar-refractivity contribution < 1.29 is 19.5 Å². The van der Waals surface area contributed by atoms with Crippen molar-refractivity contribution in [2.75, 3.05) is 19.5 Å². The fourth-order valence-corrected chi connectivity index (χ4v) is 4.16. The van der Waals surface area contributed by atoms with E-state index < -0.39 is 5.91 Å². The summed E-state index contributed by atoms with van der Waals surface area (Å²) < 4.78 is 10.9. The van der Waals surface area contributed by atoms with Gasteiger partial charge in [-0.05, 0) is 48.0 Å². The van der Waals surface area contributed by atoms with Crippen LogP contribution in [0.3, 0.4) is 0 Å². The molecular weight excluding hydrogens is 444 g/mol. The molecule has 8 nitrogen and oxygen atoms in total. The number of anilines is 1. The zero-order chi connectivity index (χ0) is 24.4. The van der Waals surface area contributed by atoms with Crippen molar-refractivity contribution in [3.05, 3.63) is 83.9 Å². The summed E-state index contributed by atoms with van der Waals surface area (Å²) in [6.45, 7) is 0.507. The van der Waals surface area contributed by atoms with Crippen LogP contribution in [-0.2, 0) is 6.54 Å². The lowest BCUT2D eigenvalue weighted by atomic mass is 10.1. The number of hydrogen-bond acceptors (Lipinski definition) is 6. The topological polar surface area (TPSA) is 109 Å². The van der Waals surface area contributed by atoms with E-state index in [2.05, 4.69) is 16.4 Å². The Morgan fingerprint density at radius 2 is 1.71 bits per heavy atom. The number of rotatable bonds is 7. The highest BCUT2D eigenvalue weighted by atomic mass is 16.5. The summed E-state index contributed by atoms with van der Waals surface area (Å²) in [5.41, 5.74) is 6.63. The molecule has 0 spiro atoms. The average molecular weight is 469 g/mol. The molecule has 0 atom stereocenters. The Kier molecular flexibility index (Phi) is 5.95. The van der Waals surface area contributed by atoms with Crippen LogP contribution in [-0.4, -0.2) is 35.3 Å². The average Bonchev–Trinajstić information content (AvgIpc) is 3.29. The Labute approximate surface area is 201 Å². The van der Waals surface area contributed by atoms with Gasteiger partial charge in [-0.25, -0.2) is 10.5 Å². The Balaban J connectivity index is 1.56. The summed E-state index contributed by atoms with van der Waals surface area (Å²) >= 11 is 0. The van der Waals surface area contributed by atoms with Gasteiger partial charge in [0, 0.05) is 34.0 Å². The second-order valence-corrected chi connectivity index (χ2v) is 8.01. The first-order valence-corrected chi connectivity index (χ1v) is 11.0. The number of fused-ring (bicyclic) bond motifs is 3. The molecule has 0 aliphatic carbocycles. The summed E-state index contributed by atoms with van der Waals surface area (Å²) in [4.78, 5) is 20.0. The lowest BCUT2D eigenvalue weighted by molar-refractivity contribution is 0.0706. The molecule has 2 aromatic heterocycles. The molecule has 0 saturated carbocycles. The number of nitrogens with zero attached hydrogens (tertiary/aromatic N) is 1. The van der Waals surface area contributed by atoms with Crippen LogP contribution in [0.2, 0.25) is 0 Å². The van der Waals surface area contributed by atoms with Crippen LogP contribution in [0.1, 0.15) is 15.9 Å². The predicted molar refractivity (Wildman–Crippen MR) is 135 cm³/mol. The summed E-state index contributed by atoms with van der Waals surface area (Å²) in [6.07, 6.45) is 0. The highest BCUT2D eigenvalue weighted by Gasteiger charge is 2.15. The normalized spacial score (nSPS) is 10.9. The molecule has 176 valence electrons. The highest BCUT2D eigenvalue weighted by molar-refractivity contribution is 6.12. The molecule has 0 fully saturated rings. The number of pyridine rings is 1. The maximum Gasteiger partial charge on any atom is 0.274 e. The zero-order valence-electron chi connectivity index (χ0n) is 19.3. The SMILES string of the molecule is COc1ccc(-c2nc(NCc3ccc(C(=O)NO)cc3)cc3c2[nH]c2ccccc23)cc1OC. The van der Waals surface area contributed by atoms with Crippen LogP contribution in [0.4, 0.5) is 5.82 Å². The number of H-pyrrole nitrogens is 1. The summed E-state index contributed by atoms with van der Waals surface area (Å²) in [5.74, 6) is 1.44. The van der Waals surface area contributed by atoms with E-state index in [1.165, 1.54) is 0 Å². The molecule has 1 amide bonds. The van der Waals surface area contributed by atoms with Gasteiger partial charge in [0.05, 0.1) is 25.4 Å². The minimum absolute atomic E-state index is 0.380. The van der Waals surface area contributed by atoms with Crippen LogP contribution in [0.5, 0.6) is 11.5 Å². The van der Waals surface area contributed by atoms with Gasteiger partial charge in [0.25, 0.3) is 5.91 Å². The zero-order valence-corrected chi connectivity index (χ0v) is 19.3. The van der Waals surface area contributed by atoms with E-state index in [4.69, 9.17) is 19.7 Å². The lowest BCUT2D eigenvalue weighted by Crippen LogP contribution is -2.18. The maximum atomic E-state index is 11.6. The number of ether oxygens (including phenoxy) is 2. The van der Waals surface area contributed by atoms with Crippen molar-refractivity contribution in [2.45, 2.75) is 6.54 Å². The van der Waals surface area contributed by atoms with Gasteiger partial charge >= 0.3 is 0 Å². The van der Waals surface area contributed by atoms with Crippen LogP contribution in [0.25, 0.3) is 33.1 Å². The van der Waals surface area contributed by atoms with Crippen molar-refractivity contribution >= 4 is 33.5 Å². The number of nitrogens with one attached hydrogen (secondary N) is 3. The number of hydroxylamine groups is 1. The van der Waals surface area contributed by atoms with Crippen molar-refractivity contribution in [1.29, 1.82) is 0 Å². The molecule has 4 N–H and O–H groups in total. The Morgan fingerprint density at radius 1 is 0.943 bits per heavy atom. The minimum atomic E-state index is -0.546. The van der Waals surface area contributed by atoms with Crippen molar-refractivity contribution in [2.24, 2.45) is 0 Å². The van der Waals surface area contributed by atoms with E-state index in [-0.39, 0.29) is 0 Å². The molecule has 2 heterocycles. The Bertz CT molecular complexity index is 1530. The van der Waals surface area contributed by atoms with Crippen LogP contribution in [0.15, 0.2) is 72.8 Å². The van der Waals surface area contributed by atoms with Crippen LogP contribution < -0.4 is 20.3 Å². The largest absolute Gasteiger partial charge is 0.493 e. The number of aromatic nitrogens is 2. The molecule has 0 bridgehead atoms. The van der Waals surface area contributed by atoms with E-state index >= 15 is 0 Å². The van der Waals surface area contributed by atoms with Crippen LogP contribution >= 0.6 is 0 Å². The number of para-hydroxylation sites is 1. The molecule has 0 aliphatic heterocycles. The first kappa shape index (κ1) is 22.2. The van der Waals surface area contributed by atoms with Gasteiger partial charge in [0.2, 0.25) is 0 Å². The molecule has 5 aromatic rings. The number of benzene rings is 3. The third-order valence-electron chi connectivity index (χ3n) is 5.94. The number of hydrogen-bond donors (Lipinski definition) is 4. The summed E-state index contributed by atoms with van der Waals surface area (Å²) in [5, 5.41) is 14.4. The number of carbonyl (C=O) groups excluding carboxylic acids is 1. The second-order valence-electron chi connectivity index (χ2n) is 8.01. The standard InChI is InChI=1S/C27H24N4O4/c1-34-22-12-11-18(13-23(22)35-2)25-26-20(19-5-3-4-6-21(19)29-26)14-24(30-25)28-15-16-7-9-17(10-8-16)27(32)31-33/h3-14,29,33H,15H2,1-2H3,(H,28,30)(H,31,32). The molecular formula is C27H24N4O4. The third kappa shape index (κ3) is 4.22. The highest BCUT2D eigenvalue weighted by Crippen LogP contribution is 2.37. The predicted octanol–water partition coefficient (Wildman–Crippen LogP) is 5.13. The first-order chi connectivity index (χ1) is 17.1. The van der Waals surface area contributed by atoms with Gasteiger partial charge < -0.3 is 19.8 Å². The minimum Gasteiger partial charge on any atom is -0.493 e. The van der Waals surface area contributed by atoms with Gasteiger partial charge in [-0.15, -0.1) is 0 Å². The number of amides is 1. The van der Waals surface area contributed by atoms with E-state index in [1.54, 1.807) is 31.8 Å². The van der Waals surface area contributed by atoms with Crippen molar-refractivity contribution in [1.82, 2.24) is 15.4 Å². The van der Waals surface area contributed by atoms with E-state index in [1.807, 2.05) is 54.6 Å². The van der Waals surface area contributed by atoms with Gasteiger partial charge in [0.15, 0.2) is 11.5 Å².